The van der Waals surface area contributed by atoms with E-state index in [9.17, 15) is 5.11 Å². The van der Waals surface area contributed by atoms with E-state index >= 15 is 0 Å². The van der Waals surface area contributed by atoms with Gasteiger partial charge in [-0.05, 0) is 19.8 Å². The first-order valence-corrected chi connectivity index (χ1v) is 6.91. The van der Waals surface area contributed by atoms with Crippen LogP contribution in [0.1, 0.15) is 42.9 Å². The minimum atomic E-state index is -0.951. The third-order valence-corrected chi connectivity index (χ3v) is 3.59. The van der Waals surface area contributed by atoms with E-state index in [0.717, 1.165) is 17.2 Å². The van der Waals surface area contributed by atoms with Crippen molar-refractivity contribution in [3.63, 3.8) is 0 Å². The lowest BCUT2D eigenvalue weighted by Gasteiger charge is -2.21. The van der Waals surface area contributed by atoms with E-state index in [4.69, 9.17) is 4.42 Å². The van der Waals surface area contributed by atoms with Crippen molar-refractivity contribution in [1.29, 1.82) is 0 Å². The Bertz CT molecular complexity index is 584. The average Bonchev–Trinajstić information content (AvgIpc) is 2.97. The summed E-state index contributed by atoms with van der Waals surface area (Å²) < 4.78 is 7.34. The molecule has 1 saturated carbocycles. The molecule has 1 aliphatic carbocycles. The molecule has 1 aliphatic rings. The van der Waals surface area contributed by atoms with Gasteiger partial charge < -0.3 is 14.8 Å². The van der Waals surface area contributed by atoms with Crippen LogP contribution in [0.3, 0.4) is 0 Å². The third-order valence-electron chi connectivity index (χ3n) is 3.59. The van der Waals surface area contributed by atoms with Crippen LogP contribution < -0.4 is 5.32 Å². The van der Waals surface area contributed by atoms with E-state index in [1.165, 1.54) is 12.8 Å². The summed E-state index contributed by atoms with van der Waals surface area (Å²) in [6.07, 6.45) is 7.63. The summed E-state index contributed by atoms with van der Waals surface area (Å²) >= 11 is 0. The van der Waals surface area contributed by atoms with E-state index < -0.39 is 5.60 Å². The third kappa shape index (κ3) is 2.91. The van der Waals surface area contributed by atoms with E-state index in [2.05, 4.69) is 15.4 Å². The zero-order valence-corrected chi connectivity index (χ0v) is 11.8. The molecule has 0 radical (unpaired) electrons. The highest BCUT2D eigenvalue weighted by Crippen LogP contribution is 2.39. The Morgan fingerprint density at radius 1 is 1.50 bits per heavy atom. The summed E-state index contributed by atoms with van der Waals surface area (Å²) in [7, 11) is 1.83. The topological polar surface area (TPSA) is 76.1 Å². The second-order valence-electron chi connectivity index (χ2n) is 5.72. The predicted molar refractivity (Wildman–Crippen MR) is 73.0 cm³/mol. The van der Waals surface area contributed by atoms with Crippen molar-refractivity contribution in [1.82, 2.24) is 20.1 Å². The fourth-order valence-corrected chi connectivity index (χ4v) is 2.15. The SMILES string of the molecule is Cn1cc(C(C)(O)CNCc2cnc(C3CC3)o2)cn1. The molecule has 6 nitrogen and oxygen atoms in total. The highest BCUT2D eigenvalue weighted by molar-refractivity contribution is 5.14. The number of hydrogen-bond acceptors (Lipinski definition) is 5. The molecule has 0 bridgehead atoms. The maximum Gasteiger partial charge on any atom is 0.197 e. The molecular formula is C14H20N4O2. The molecule has 2 aromatic heterocycles. The Morgan fingerprint density at radius 3 is 2.95 bits per heavy atom. The summed E-state index contributed by atoms with van der Waals surface area (Å²) in [6.45, 7) is 2.77. The summed E-state index contributed by atoms with van der Waals surface area (Å²) in [4.78, 5) is 4.27. The lowest BCUT2D eigenvalue weighted by molar-refractivity contribution is 0.0561. The minimum Gasteiger partial charge on any atom is -0.444 e. The van der Waals surface area contributed by atoms with Crippen LogP contribution in [-0.2, 0) is 19.2 Å². The van der Waals surface area contributed by atoms with Crippen LogP contribution in [-0.4, -0.2) is 26.4 Å². The lowest BCUT2D eigenvalue weighted by atomic mass is 10.00. The van der Waals surface area contributed by atoms with Crippen molar-refractivity contribution >= 4 is 0 Å². The molecule has 0 aliphatic heterocycles. The Labute approximate surface area is 117 Å². The summed E-state index contributed by atoms with van der Waals surface area (Å²) in [5, 5.41) is 17.7. The molecule has 6 heteroatoms. The Balaban J connectivity index is 1.53. The van der Waals surface area contributed by atoms with Gasteiger partial charge in [0.25, 0.3) is 0 Å². The van der Waals surface area contributed by atoms with Gasteiger partial charge in [-0.25, -0.2) is 4.98 Å². The fraction of sp³-hybridized carbons (Fsp3) is 0.571. The van der Waals surface area contributed by atoms with E-state index in [-0.39, 0.29) is 0 Å². The first kappa shape index (κ1) is 13.3. The first-order chi connectivity index (χ1) is 9.54. The Morgan fingerprint density at radius 2 is 2.30 bits per heavy atom. The molecule has 0 saturated heterocycles. The maximum absolute atomic E-state index is 10.4. The fourth-order valence-electron chi connectivity index (χ4n) is 2.15. The van der Waals surface area contributed by atoms with Crippen LogP contribution >= 0.6 is 0 Å². The second-order valence-corrected chi connectivity index (χ2v) is 5.72. The molecule has 1 unspecified atom stereocenters. The number of aliphatic hydroxyl groups is 1. The molecule has 2 N–H and O–H groups in total. The van der Waals surface area contributed by atoms with E-state index in [0.29, 0.717) is 19.0 Å². The number of aryl methyl sites for hydroxylation is 1. The van der Waals surface area contributed by atoms with Crippen molar-refractivity contribution in [2.24, 2.45) is 7.05 Å². The molecule has 3 rings (SSSR count). The van der Waals surface area contributed by atoms with Crippen LogP contribution in [0.15, 0.2) is 23.0 Å². The monoisotopic (exact) mass is 276 g/mol. The van der Waals surface area contributed by atoms with Crippen molar-refractivity contribution in [2.45, 2.75) is 37.8 Å². The molecule has 2 heterocycles. The van der Waals surface area contributed by atoms with Crippen LogP contribution in [0.2, 0.25) is 0 Å². The summed E-state index contributed by atoms with van der Waals surface area (Å²) in [6, 6.07) is 0. The van der Waals surface area contributed by atoms with Crippen molar-refractivity contribution in [3.05, 3.63) is 35.8 Å². The zero-order valence-electron chi connectivity index (χ0n) is 11.8. The van der Waals surface area contributed by atoms with Crippen molar-refractivity contribution < 1.29 is 9.52 Å². The van der Waals surface area contributed by atoms with E-state index in [1.807, 2.05) is 13.2 Å². The quantitative estimate of drug-likeness (QED) is 0.831. The van der Waals surface area contributed by atoms with E-state index in [1.54, 1.807) is 24.0 Å². The van der Waals surface area contributed by atoms with Gasteiger partial charge in [0, 0.05) is 31.3 Å². The number of nitrogens with zero attached hydrogens (tertiary/aromatic N) is 3. The summed E-state index contributed by atoms with van der Waals surface area (Å²) in [5.41, 5.74) is -0.156. The number of rotatable bonds is 6. The van der Waals surface area contributed by atoms with Gasteiger partial charge in [0.1, 0.15) is 11.4 Å². The first-order valence-electron chi connectivity index (χ1n) is 6.91. The molecule has 2 aromatic rings. The Kier molecular flexibility index (Phi) is 3.35. The normalized spacial score (nSPS) is 18.1. The molecule has 0 spiro atoms. The zero-order chi connectivity index (χ0) is 14.2. The maximum atomic E-state index is 10.4. The van der Waals surface area contributed by atoms with Gasteiger partial charge in [-0.1, -0.05) is 0 Å². The van der Waals surface area contributed by atoms with Gasteiger partial charge >= 0.3 is 0 Å². The van der Waals surface area contributed by atoms with Gasteiger partial charge in [-0.2, -0.15) is 5.10 Å². The van der Waals surface area contributed by atoms with Crippen LogP contribution in [0.25, 0.3) is 0 Å². The van der Waals surface area contributed by atoms with Crippen LogP contribution in [0.4, 0.5) is 0 Å². The molecular weight excluding hydrogens is 256 g/mol. The standard InChI is InChI=1S/C14H20N4O2/c1-14(19,11-5-17-18(2)8-11)9-15-6-12-7-16-13(20-12)10-3-4-10/h5,7-8,10,15,19H,3-4,6,9H2,1-2H3. The molecule has 108 valence electrons. The smallest absolute Gasteiger partial charge is 0.197 e. The second kappa shape index (κ2) is 5.03. The van der Waals surface area contributed by atoms with Gasteiger partial charge in [0.15, 0.2) is 5.89 Å². The largest absolute Gasteiger partial charge is 0.444 e. The van der Waals surface area contributed by atoms with Gasteiger partial charge in [0.05, 0.1) is 18.9 Å². The van der Waals surface area contributed by atoms with Gasteiger partial charge in [-0.15, -0.1) is 0 Å². The number of nitrogens with one attached hydrogen (secondary N) is 1. The molecule has 20 heavy (non-hydrogen) atoms. The Hall–Kier alpha value is -1.66. The molecule has 0 amide bonds. The number of oxazole rings is 1. The van der Waals surface area contributed by atoms with Gasteiger partial charge in [0.2, 0.25) is 0 Å². The molecule has 1 fully saturated rings. The van der Waals surface area contributed by atoms with Crippen molar-refractivity contribution in [2.75, 3.05) is 6.54 Å². The van der Waals surface area contributed by atoms with Crippen LogP contribution in [0, 0.1) is 0 Å². The highest BCUT2D eigenvalue weighted by Gasteiger charge is 2.28. The van der Waals surface area contributed by atoms with Gasteiger partial charge in [-0.3, -0.25) is 4.68 Å². The molecule has 1 atom stereocenters. The number of hydrogen-bond donors (Lipinski definition) is 2. The minimum absolute atomic E-state index is 0.429. The lowest BCUT2D eigenvalue weighted by Crippen LogP contribution is -2.34. The highest BCUT2D eigenvalue weighted by atomic mass is 16.4. The van der Waals surface area contributed by atoms with Crippen LogP contribution in [0.5, 0.6) is 0 Å². The predicted octanol–water partition coefficient (Wildman–Crippen LogP) is 1.28. The molecule has 0 aromatic carbocycles. The summed E-state index contributed by atoms with van der Waals surface area (Å²) in [5.74, 6) is 2.19. The number of aromatic nitrogens is 3. The van der Waals surface area contributed by atoms with Crippen molar-refractivity contribution in [3.8, 4) is 0 Å². The average molecular weight is 276 g/mol.